The third kappa shape index (κ3) is 2.84. The van der Waals surface area contributed by atoms with Crippen LogP contribution in [0.3, 0.4) is 0 Å². The molecular formula is C19H16N6S. The minimum atomic E-state index is 0.438. The highest BCUT2D eigenvalue weighted by Gasteiger charge is 2.12. The van der Waals surface area contributed by atoms with E-state index in [1.54, 1.807) is 11.3 Å². The van der Waals surface area contributed by atoms with Crippen molar-refractivity contribution in [1.29, 1.82) is 0 Å². The van der Waals surface area contributed by atoms with E-state index >= 15 is 0 Å². The molecule has 0 fully saturated rings. The van der Waals surface area contributed by atoms with E-state index in [9.17, 15) is 0 Å². The summed E-state index contributed by atoms with van der Waals surface area (Å²) in [5.41, 5.74) is 5.33. The molecule has 2 aromatic heterocycles. The summed E-state index contributed by atoms with van der Waals surface area (Å²) in [6.45, 7) is 3.41. The smallest absolute Gasteiger partial charge is 0.173 e. The lowest BCUT2D eigenvalue weighted by Gasteiger charge is -2.11. The van der Waals surface area contributed by atoms with Crippen LogP contribution in [-0.4, -0.2) is 17.5 Å². The van der Waals surface area contributed by atoms with Crippen LogP contribution in [0.4, 0.5) is 11.5 Å². The Balaban J connectivity index is 1.88. The molecule has 2 aromatic carbocycles. The Hall–Kier alpha value is -3.45. The minimum Gasteiger partial charge on any atom is -0.340 e. The molecule has 0 atom stereocenters. The van der Waals surface area contributed by atoms with Crippen molar-refractivity contribution in [1.82, 2.24) is 10.4 Å². The Kier molecular flexibility index (Phi) is 4.20. The Morgan fingerprint density at radius 3 is 2.69 bits per heavy atom. The maximum absolute atomic E-state index is 5.45. The van der Waals surface area contributed by atoms with Crippen molar-refractivity contribution in [3.63, 3.8) is 0 Å². The van der Waals surface area contributed by atoms with E-state index in [0.29, 0.717) is 5.84 Å². The molecule has 0 saturated heterocycles. The number of hydrogen-bond acceptors (Lipinski definition) is 6. The number of fused-ring (bicyclic) bond motifs is 3. The van der Waals surface area contributed by atoms with Gasteiger partial charge >= 0.3 is 0 Å². The number of amidine groups is 1. The van der Waals surface area contributed by atoms with E-state index in [4.69, 9.17) is 10.8 Å². The molecule has 0 saturated carbocycles. The molecule has 6 nitrogen and oxygen atoms in total. The molecule has 4 aromatic rings. The largest absolute Gasteiger partial charge is 0.340 e. The molecule has 26 heavy (non-hydrogen) atoms. The molecule has 4 N–H and O–H groups in total. The van der Waals surface area contributed by atoms with E-state index in [-0.39, 0.29) is 0 Å². The molecule has 4 rings (SSSR count). The third-order valence-corrected chi connectivity index (χ3v) is 4.97. The molecule has 128 valence electrons. The fraction of sp³-hybridized carbons (Fsp3) is 0. The topological polar surface area (TPSA) is 87.7 Å². The zero-order valence-corrected chi connectivity index (χ0v) is 14.6. The summed E-state index contributed by atoms with van der Waals surface area (Å²) >= 11 is 1.69. The first-order valence-corrected chi connectivity index (χ1v) is 8.81. The van der Waals surface area contributed by atoms with Crippen LogP contribution in [0.1, 0.15) is 5.56 Å². The van der Waals surface area contributed by atoms with Gasteiger partial charge in [0.1, 0.15) is 5.82 Å². The number of nitrogens with zero attached hydrogens (tertiary/aromatic N) is 3. The predicted molar refractivity (Wildman–Crippen MR) is 110 cm³/mol. The lowest BCUT2D eigenvalue weighted by molar-refractivity contribution is 1.02. The van der Waals surface area contributed by atoms with Crippen LogP contribution < -0.4 is 16.6 Å². The molecule has 2 heterocycles. The first-order valence-electron chi connectivity index (χ1n) is 7.93. The molecule has 7 heteroatoms. The van der Waals surface area contributed by atoms with Crippen LogP contribution in [0.5, 0.6) is 0 Å². The number of hydrogen-bond donors (Lipinski definition) is 3. The number of pyridine rings is 1. The third-order valence-electron chi connectivity index (χ3n) is 4.02. The SMILES string of the molecule is C=NN/C(=N\N)c1ccc2c(c1)nc(Nc1ccccc1)c1ccsc12. The summed E-state index contributed by atoms with van der Waals surface area (Å²) in [5, 5.41) is 15.0. The molecule has 0 bridgehead atoms. The lowest BCUT2D eigenvalue weighted by atomic mass is 10.1. The number of nitrogens with one attached hydrogen (secondary N) is 2. The fourth-order valence-electron chi connectivity index (χ4n) is 2.84. The number of hydrazone groups is 2. The summed E-state index contributed by atoms with van der Waals surface area (Å²) in [5.74, 6) is 6.70. The van der Waals surface area contributed by atoms with Crippen molar-refractivity contribution >= 4 is 56.4 Å². The lowest BCUT2D eigenvalue weighted by Crippen LogP contribution is -2.20. The summed E-state index contributed by atoms with van der Waals surface area (Å²) in [7, 11) is 0. The number of para-hydroxylation sites is 1. The van der Waals surface area contributed by atoms with Crippen LogP contribution >= 0.6 is 11.3 Å². The van der Waals surface area contributed by atoms with Gasteiger partial charge in [0.05, 0.1) is 5.52 Å². The van der Waals surface area contributed by atoms with Crippen LogP contribution in [0.2, 0.25) is 0 Å². The molecule has 0 amide bonds. The summed E-state index contributed by atoms with van der Waals surface area (Å²) in [6, 6.07) is 18.0. The van der Waals surface area contributed by atoms with Crippen molar-refractivity contribution in [3.8, 4) is 0 Å². The normalized spacial score (nSPS) is 11.6. The first-order chi connectivity index (χ1) is 12.8. The van der Waals surface area contributed by atoms with Crippen molar-refractivity contribution in [2.24, 2.45) is 16.0 Å². The van der Waals surface area contributed by atoms with Gasteiger partial charge in [0.2, 0.25) is 0 Å². The summed E-state index contributed by atoms with van der Waals surface area (Å²) < 4.78 is 1.18. The standard InChI is InChI=1S/C19H16N6S/c1-21-25-18(24-20)12-7-8-14-16(11-12)23-19(15-9-10-26-17(14)15)22-13-5-3-2-4-6-13/h2-11H,1,20H2,(H,22,23)(H,24,25). The van der Waals surface area contributed by atoms with Gasteiger partial charge in [-0.25, -0.2) is 4.98 Å². The van der Waals surface area contributed by atoms with Crippen molar-refractivity contribution in [2.75, 3.05) is 5.32 Å². The Labute approximate surface area is 154 Å². The maximum atomic E-state index is 5.45. The second-order valence-corrected chi connectivity index (χ2v) is 6.51. The maximum Gasteiger partial charge on any atom is 0.173 e. The van der Waals surface area contributed by atoms with Gasteiger partial charge in [0.25, 0.3) is 0 Å². The predicted octanol–water partition coefficient (Wildman–Crippen LogP) is 4.02. The second-order valence-electron chi connectivity index (χ2n) is 5.59. The highest BCUT2D eigenvalue weighted by atomic mass is 32.1. The van der Waals surface area contributed by atoms with Crippen molar-refractivity contribution in [2.45, 2.75) is 0 Å². The van der Waals surface area contributed by atoms with Gasteiger partial charge < -0.3 is 11.2 Å². The van der Waals surface area contributed by atoms with E-state index in [2.05, 4.69) is 39.1 Å². The first kappa shape index (κ1) is 16.0. The van der Waals surface area contributed by atoms with Crippen molar-refractivity contribution in [3.05, 3.63) is 65.5 Å². The molecule has 0 unspecified atom stereocenters. The van der Waals surface area contributed by atoms with Crippen LogP contribution in [0.25, 0.3) is 21.0 Å². The van der Waals surface area contributed by atoms with Crippen LogP contribution in [-0.2, 0) is 0 Å². The van der Waals surface area contributed by atoms with Gasteiger partial charge in [0, 0.05) is 33.4 Å². The number of rotatable bonds is 4. The molecule has 0 aliphatic heterocycles. The molecule has 0 aliphatic carbocycles. The molecule has 0 aliphatic rings. The number of thiophene rings is 1. The zero-order chi connectivity index (χ0) is 17.9. The average molecular weight is 360 g/mol. The molecule has 0 radical (unpaired) electrons. The van der Waals surface area contributed by atoms with Gasteiger partial charge in [-0.15, -0.1) is 11.3 Å². The Morgan fingerprint density at radius 2 is 1.92 bits per heavy atom. The Morgan fingerprint density at radius 1 is 1.08 bits per heavy atom. The van der Waals surface area contributed by atoms with Gasteiger partial charge in [-0.3, -0.25) is 5.43 Å². The fourth-order valence-corrected chi connectivity index (χ4v) is 3.78. The van der Waals surface area contributed by atoms with Crippen LogP contribution in [0, 0.1) is 0 Å². The molecule has 0 spiro atoms. The van der Waals surface area contributed by atoms with Gasteiger partial charge in [-0.05, 0) is 29.6 Å². The number of anilines is 2. The van der Waals surface area contributed by atoms with E-state index < -0.39 is 0 Å². The quantitative estimate of drug-likeness (QED) is 0.222. The highest BCUT2D eigenvalue weighted by Crippen LogP contribution is 2.35. The summed E-state index contributed by atoms with van der Waals surface area (Å²) in [6.07, 6.45) is 0. The van der Waals surface area contributed by atoms with E-state index in [1.807, 2.05) is 48.5 Å². The summed E-state index contributed by atoms with van der Waals surface area (Å²) in [4.78, 5) is 4.83. The Bertz CT molecular complexity index is 1120. The number of nitrogens with two attached hydrogens (primary N) is 1. The monoisotopic (exact) mass is 360 g/mol. The average Bonchev–Trinajstić information content (AvgIpc) is 3.17. The highest BCUT2D eigenvalue weighted by molar-refractivity contribution is 7.18. The van der Waals surface area contributed by atoms with Gasteiger partial charge in [-0.2, -0.15) is 10.2 Å². The van der Waals surface area contributed by atoms with E-state index in [0.717, 1.165) is 33.4 Å². The van der Waals surface area contributed by atoms with Crippen molar-refractivity contribution < 1.29 is 0 Å². The van der Waals surface area contributed by atoms with Crippen LogP contribution in [0.15, 0.2) is 70.2 Å². The van der Waals surface area contributed by atoms with Gasteiger partial charge in [-0.1, -0.05) is 30.3 Å². The van der Waals surface area contributed by atoms with Gasteiger partial charge in [0.15, 0.2) is 5.84 Å². The second kappa shape index (κ2) is 6.81. The zero-order valence-electron chi connectivity index (χ0n) is 13.8. The number of aromatic nitrogens is 1. The molecular weight excluding hydrogens is 344 g/mol. The number of benzene rings is 2. The minimum absolute atomic E-state index is 0.438. The van der Waals surface area contributed by atoms with E-state index in [1.165, 1.54) is 4.70 Å².